The van der Waals surface area contributed by atoms with E-state index in [4.69, 9.17) is 11.1 Å². The van der Waals surface area contributed by atoms with Crippen molar-refractivity contribution in [2.24, 2.45) is 5.73 Å². The lowest BCUT2D eigenvalue weighted by atomic mass is 10.1. The van der Waals surface area contributed by atoms with Gasteiger partial charge in [-0.15, -0.1) is 0 Å². The van der Waals surface area contributed by atoms with E-state index in [2.05, 4.69) is 37.0 Å². The number of aromatic nitrogens is 1. The molecule has 0 bridgehead atoms. The van der Waals surface area contributed by atoms with Gasteiger partial charge in [-0.25, -0.2) is 4.98 Å². The highest BCUT2D eigenvalue weighted by Gasteiger charge is 2.12. The van der Waals surface area contributed by atoms with Gasteiger partial charge in [0.15, 0.2) is 0 Å². The van der Waals surface area contributed by atoms with Gasteiger partial charge in [-0.1, -0.05) is 29.5 Å². The molecule has 3 N–H and O–H groups in total. The van der Waals surface area contributed by atoms with E-state index in [0.29, 0.717) is 0 Å². The van der Waals surface area contributed by atoms with E-state index in [1.165, 1.54) is 11.1 Å². The van der Waals surface area contributed by atoms with Crippen molar-refractivity contribution in [3.63, 3.8) is 0 Å². The molecule has 2 rings (SSSR count). The topological polar surface area (TPSA) is 62.8 Å². The summed E-state index contributed by atoms with van der Waals surface area (Å²) in [4.78, 5) is 5.51. The minimum Gasteiger partial charge on any atom is -0.384 e. The number of rotatable bonds is 3. The average Bonchev–Trinajstić information content (AvgIpc) is 2.32. The number of hydrogen-bond acceptors (Lipinski definition) is 3. The van der Waals surface area contributed by atoms with Gasteiger partial charge in [-0.3, -0.25) is 5.41 Å². The lowest BCUT2D eigenvalue weighted by molar-refractivity contribution is 1.08. The van der Waals surface area contributed by atoms with Crippen LogP contribution < -0.4 is 5.73 Å². The molecule has 0 spiro atoms. The molecule has 0 aliphatic heterocycles. The molecule has 0 aliphatic rings. The molecule has 4 heteroatoms. The molecule has 0 saturated heterocycles. The molecule has 0 fully saturated rings. The Labute approximate surface area is 117 Å². The number of amidine groups is 1. The average molecular weight is 271 g/mol. The Morgan fingerprint density at radius 1 is 1.16 bits per heavy atom. The molecule has 1 aromatic heterocycles. The van der Waals surface area contributed by atoms with Gasteiger partial charge in [0.25, 0.3) is 0 Å². The highest BCUT2D eigenvalue weighted by molar-refractivity contribution is 7.99. The minimum atomic E-state index is 0.0675. The maximum atomic E-state index is 7.70. The van der Waals surface area contributed by atoms with Crippen molar-refractivity contribution in [1.82, 2.24) is 4.98 Å². The van der Waals surface area contributed by atoms with E-state index in [0.717, 1.165) is 21.0 Å². The second kappa shape index (κ2) is 5.45. The SMILES string of the molecule is Cc1ccc(Sc2nccc(C)c2C(=N)N)c(C)c1. The van der Waals surface area contributed by atoms with E-state index >= 15 is 0 Å². The van der Waals surface area contributed by atoms with Crippen molar-refractivity contribution < 1.29 is 0 Å². The molecule has 19 heavy (non-hydrogen) atoms. The first-order chi connectivity index (χ1) is 8.99. The van der Waals surface area contributed by atoms with Gasteiger partial charge in [-0.05, 0) is 44.0 Å². The van der Waals surface area contributed by atoms with E-state index < -0.39 is 0 Å². The Morgan fingerprint density at radius 2 is 1.89 bits per heavy atom. The Morgan fingerprint density at radius 3 is 2.53 bits per heavy atom. The van der Waals surface area contributed by atoms with Crippen molar-refractivity contribution in [3.8, 4) is 0 Å². The van der Waals surface area contributed by atoms with Crippen LogP contribution in [0.5, 0.6) is 0 Å². The van der Waals surface area contributed by atoms with E-state index in [1.54, 1.807) is 18.0 Å². The predicted molar refractivity (Wildman–Crippen MR) is 80.0 cm³/mol. The number of nitrogens with two attached hydrogens (primary N) is 1. The van der Waals surface area contributed by atoms with Crippen molar-refractivity contribution in [2.75, 3.05) is 0 Å². The number of benzene rings is 1. The van der Waals surface area contributed by atoms with Crippen molar-refractivity contribution in [3.05, 3.63) is 52.7 Å². The Hall–Kier alpha value is -1.81. The van der Waals surface area contributed by atoms with Crippen molar-refractivity contribution in [2.45, 2.75) is 30.7 Å². The van der Waals surface area contributed by atoms with Crippen LogP contribution in [-0.2, 0) is 0 Å². The zero-order valence-electron chi connectivity index (χ0n) is 11.3. The van der Waals surface area contributed by atoms with Gasteiger partial charge in [0.05, 0.1) is 5.56 Å². The summed E-state index contributed by atoms with van der Waals surface area (Å²) in [5, 5.41) is 8.49. The monoisotopic (exact) mass is 271 g/mol. The molecule has 0 unspecified atom stereocenters. The molecule has 2 aromatic rings. The molecule has 0 atom stereocenters. The molecule has 0 amide bonds. The Balaban J connectivity index is 2.44. The normalized spacial score (nSPS) is 10.5. The van der Waals surface area contributed by atoms with Gasteiger partial charge in [-0.2, -0.15) is 0 Å². The van der Waals surface area contributed by atoms with Crippen LogP contribution in [0.4, 0.5) is 0 Å². The Kier molecular flexibility index (Phi) is 3.90. The summed E-state index contributed by atoms with van der Waals surface area (Å²) >= 11 is 1.56. The number of nitrogens with one attached hydrogen (secondary N) is 1. The summed E-state index contributed by atoms with van der Waals surface area (Å²) in [6, 6.07) is 8.19. The molecule has 1 heterocycles. The third-order valence-electron chi connectivity index (χ3n) is 2.93. The second-order valence-electron chi connectivity index (χ2n) is 4.59. The van der Waals surface area contributed by atoms with Crippen LogP contribution in [0.3, 0.4) is 0 Å². The molecule has 98 valence electrons. The van der Waals surface area contributed by atoms with Gasteiger partial charge in [0.2, 0.25) is 0 Å². The molecule has 1 aromatic carbocycles. The number of nitrogen functional groups attached to an aromatic ring is 1. The van der Waals surface area contributed by atoms with Crippen LogP contribution in [0.25, 0.3) is 0 Å². The number of nitrogens with zero attached hydrogens (tertiary/aromatic N) is 1. The van der Waals surface area contributed by atoms with Crippen molar-refractivity contribution >= 4 is 17.6 Å². The maximum absolute atomic E-state index is 7.70. The molecular weight excluding hydrogens is 254 g/mol. The summed E-state index contributed by atoms with van der Waals surface area (Å²) < 4.78 is 0. The zero-order valence-corrected chi connectivity index (χ0v) is 12.1. The maximum Gasteiger partial charge on any atom is 0.125 e. The first-order valence-electron chi connectivity index (χ1n) is 6.04. The quantitative estimate of drug-likeness (QED) is 0.664. The third-order valence-corrected chi connectivity index (χ3v) is 4.11. The highest BCUT2D eigenvalue weighted by Crippen LogP contribution is 2.32. The van der Waals surface area contributed by atoms with E-state index in [9.17, 15) is 0 Å². The molecular formula is C15H17N3S. The Bertz CT molecular complexity index is 635. The highest BCUT2D eigenvalue weighted by atomic mass is 32.2. The van der Waals surface area contributed by atoms with Gasteiger partial charge in [0, 0.05) is 11.1 Å². The number of hydrogen-bond donors (Lipinski definition) is 2. The number of pyridine rings is 1. The summed E-state index contributed by atoms with van der Waals surface area (Å²) in [7, 11) is 0. The van der Waals surface area contributed by atoms with Gasteiger partial charge < -0.3 is 5.73 Å². The van der Waals surface area contributed by atoms with E-state index in [1.807, 2.05) is 13.0 Å². The van der Waals surface area contributed by atoms with Gasteiger partial charge in [0.1, 0.15) is 10.9 Å². The standard InChI is InChI=1S/C15H17N3S/c1-9-4-5-12(11(3)8-9)19-15-13(14(16)17)10(2)6-7-18-15/h4-8H,1-3H3,(H3,16,17). The fourth-order valence-corrected chi connectivity index (χ4v) is 3.01. The predicted octanol–water partition coefficient (Wildman–Crippen LogP) is 3.44. The molecule has 0 aliphatic carbocycles. The number of aryl methyl sites for hydroxylation is 3. The second-order valence-corrected chi connectivity index (χ2v) is 5.62. The van der Waals surface area contributed by atoms with Crippen LogP contribution >= 0.6 is 11.8 Å². The fourth-order valence-electron chi connectivity index (χ4n) is 1.96. The largest absolute Gasteiger partial charge is 0.384 e. The van der Waals surface area contributed by atoms with Gasteiger partial charge >= 0.3 is 0 Å². The van der Waals surface area contributed by atoms with Crippen LogP contribution in [0, 0.1) is 26.2 Å². The lowest BCUT2D eigenvalue weighted by Crippen LogP contribution is -2.14. The summed E-state index contributed by atoms with van der Waals surface area (Å²) in [5.41, 5.74) is 9.82. The first-order valence-corrected chi connectivity index (χ1v) is 6.86. The smallest absolute Gasteiger partial charge is 0.125 e. The zero-order chi connectivity index (χ0) is 14.0. The molecule has 0 radical (unpaired) electrons. The molecule has 0 saturated carbocycles. The van der Waals surface area contributed by atoms with Crippen LogP contribution in [0.2, 0.25) is 0 Å². The summed E-state index contributed by atoms with van der Waals surface area (Å²) in [5.74, 6) is 0.0675. The minimum absolute atomic E-state index is 0.0675. The fraction of sp³-hybridized carbons (Fsp3) is 0.200. The van der Waals surface area contributed by atoms with Crippen LogP contribution in [0.1, 0.15) is 22.3 Å². The van der Waals surface area contributed by atoms with Crippen molar-refractivity contribution in [1.29, 1.82) is 5.41 Å². The molecule has 3 nitrogen and oxygen atoms in total. The summed E-state index contributed by atoms with van der Waals surface area (Å²) in [6.07, 6.45) is 1.76. The summed E-state index contributed by atoms with van der Waals surface area (Å²) in [6.45, 7) is 6.11. The van der Waals surface area contributed by atoms with E-state index in [-0.39, 0.29) is 5.84 Å². The first kappa shape index (κ1) is 13.6. The third kappa shape index (κ3) is 2.96. The van der Waals surface area contributed by atoms with Crippen LogP contribution in [-0.4, -0.2) is 10.8 Å². The lowest BCUT2D eigenvalue weighted by Gasteiger charge is -2.11. The van der Waals surface area contributed by atoms with Crippen LogP contribution in [0.15, 0.2) is 40.4 Å².